The Balaban J connectivity index is 3.11. The number of nitrogens with zero attached hydrogens (tertiary/aromatic N) is 2. The van der Waals surface area contributed by atoms with Gasteiger partial charge in [0.05, 0.1) is 12.2 Å². The summed E-state index contributed by atoms with van der Waals surface area (Å²) in [5.74, 6) is 1.11. The van der Waals surface area contributed by atoms with Gasteiger partial charge in [-0.1, -0.05) is 20.8 Å². The molecule has 0 bridgehead atoms. The largest absolute Gasteiger partial charge is 0.324 e. The Morgan fingerprint density at radius 3 is 2.47 bits per heavy atom. The predicted molar refractivity (Wildman–Crippen MR) is 76.6 cm³/mol. The zero-order chi connectivity index (χ0) is 12.8. The third kappa shape index (κ3) is 3.26. The van der Waals surface area contributed by atoms with Crippen molar-refractivity contribution >= 4 is 11.8 Å². The lowest BCUT2D eigenvalue weighted by atomic mass is 10.00. The Morgan fingerprint density at radius 1 is 1.29 bits per heavy atom. The van der Waals surface area contributed by atoms with Crippen molar-refractivity contribution in [3.63, 3.8) is 0 Å². The summed E-state index contributed by atoms with van der Waals surface area (Å²) in [6.45, 7) is 7.49. The van der Waals surface area contributed by atoms with E-state index in [1.165, 1.54) is 17.0 Å². The van der Waals surface area contributed by atoms with Crippen molar-refractivity contribution in [2.75, 3.05) is 12.0 Å². The first-order valence-electron chi connectivity index (χ1n) is 6.52. The fourth-order valence-corrected chi connectivity index (χ4v) is 2.55. The molecule has 0 spiro atoms. The van der Waals surface area contributed by atoms with Crippen molar-refractivity contribution in [3.05, 3.63) is 17.0 Å². The van der Waals surface area contributed by atoms with Crippen LogP contribution in [-0.4, -0.2) is 21.8 Å². The minimum Gasteiger partial charge on any atom is -0.324 e. The zero-order valence-corrected chi connectivity index (χ0v) is 12.3. The van der Waals surface area contributed by atoms with E-state index < -0.39 is 0 Å². The van der Waals surface area contributed by atoms with Crippen LogP contribution in [0.1, 0.15) is 50.2 Å². The maximum Gasteiger partial charge on any atom is 0.0672 e. The van der Waals surface area contributed by atoms with Gasteiger partial charge in [0.1, 0.15) is 0 Å². The first-order valence-corrected chi connectivity index (χ1v) is 7.91. The highest BCUT2D eigenvalue weighted by molar-refractivity contribution is 7.98. The van der Waals surface area contributed by atoms with Crippen molar-refractivity contribution < 1.29 is 0 Å². The van der Waals surface area contributed by atoms with E-state index in [-0.39, 0.29) is 6.04 Å². The first-order chi connectivity index (χ1) is 8.19. The molecule has 4 heteroatoms. The molecule has 0 fully saturated rings. The zero-order valence-electron chi connectivity index (χ0n) is 11.5. The molecule has 0 amide bonds. The van der Waals surface area contributed by atoms with Crippen molar-refractivity contribution in [2.24, 2.45) is 5.73 Å². The highest BCUT2D eigenvalue weighted by atomic mass is 32.2. The SMILES string of the molecule is CCc1nn(CCSC)c(CC)c1C(N)CC. The summed E-state index contributed by atoms with van der Waals surface area (Å²) >= 11 is 1.86. The van der Waals surface area contributed by atoms with Crippen LogP contribution in [0.25, 0.3) is 0 Å². The van der Waals surface area contributed by atoms with Crippen LogP contribution in [0.15, 0.2) is 0 Å². The van der Waals surface area contributed by atoms with Gasteiger partial charge in [-0.3, -0.25) is 4.68 Å². The quantitative estimate of drug-likeness (QED) is 0.815. The van der Waals surface area contributed by atoms with Gasteiger partial charge in [-0.25, -0.2) is 0 Å². The lowest BCUT2D eigenvalue weighted by molar-refractivity contribution is 0.617. The number of thioether (sulfide) groups is 1. The smallest absolute Gasteiger partial charge is 0.0672 e. The third-order valence-electron chi connectivity index (χ3n) is 3.16. The van der Waals surface area contributed by atoms with E-state index in [2.05, 4.69) is 31.7 Å². The number of nitrogens with two attached hydrogens (primary N) is 1. The molecule has 1 aromatic heterocycles. The van der Waals surface area contributed by atoms with Crippen LogP contribution in [0.5, 0.6) is 0 Å². The van der Waals surface area contributed by atoms with E-state index in [9.17, 15) is 0 Å². The molecule has 1 heterocycles. The molecule has 0 aliphatic carbocycles. The van der Waals surface area contributed by atoms with E-state index in [1.54, 1.807) is 0 Å². The molecule has 0 radical (unpaired) electrons. The van der Waals surface area contributed by atoms with Crippen LogP contribution < -0.4 is 5.73 Å². The van der Waals surface area contributed by atoms with E-state index in [1.807, 2.05) is 11.8 Å². The summed E-state index contributed by atoms with van der Waals surface area (Å²) in [6, 6.07) is 0.142. The van der Waals surface area contributed by atoms with Crippen LogP contribution >= 0.6 is 11.8 Å². The van der Waals surface area contributed by atoms with Gasteiger partial charge in [-0.05, 0) is 25.5 Å². The van der Waals surface area contributed by atoms with Gasteiger partial charge in [-0.2, -0.15) is 16.9 Å². The third-order valence-corrected chi connectivity index (χ3v) is 3.75. The summed E-state index contributed by atoms with van der Waals surface area (Å²) in [4.78, 5) is 0. The Hall–Kier alpha value is -0.480. The Labute approximate surface area is 109 Å². The van der Waals surface area contributed by atoms with E-state index in [0.29, 0.717) is 0 Å². The maximum atomic E-state index is 6.23. The summed E-state index contributed by atoms with van der Waals surface area (Å²) in [7, 11) is 0. The number of hydrogen-bond acceptors (Lipinski definition) is 3. The van der Waals surface area contributed by atoms with Crippen LogP contribution in [0.2, 0.25) is 0 Å². The number of hydrogen-bond donors (Lipinski definition) is 1. The molecule has 98 valence electrons. The second-order valence-corrected chi connectivity index (χ2v) is 5.23. The van der Waals surface area contributed by atoms with E-state index in [0.717, 1.165) is 31.6 Å². The second-order valence-electron chi connectivity index (χ2n) is 4.24. The van der Waals surface area contributed by atoms with Gasteiger partial charge >= 0.3 is 0 Å². The molecule has 1 atom stereocenters. The minimum absolute atomic E-state index is 0.142. The first kappa shape index (κ1) is 14.6. The average molecular weight is 255 g/mol. The minimum atomic E-state index is 0.142. The molecule has 1 aromatic rings. The molecule has 1 rings (SSSR count). The highest BCUT2D eigenvalue weighted by Crippen LogP contribution is 2.24. The summed E-state index contributed by atoms with van der Waals surface area (Å²) in [5, 5.41) is 4.73. The van der Waals surface area contributed by atoms with Gasteiger partial charge in [0.25, 0.3) is 0 Å². The van der Waals surface area contributed by atoms with Gasteiger partial charge < -0.3 is 5.73 Å². The van der Waals surface area contributed by atoms with E-state index >= 15 is 0 Å². The molecule has 0 aliphatic heterocycles. The summed E-state index contributed by atoms with van der Waals surface area (Å²) in [5.41, 5.74) is 10.1. The number of aryl methyl sites for hydroxylation is 2. The molecule has 2 N–H and O–H groups in total. The Kier molecular flexibility index (Phi) is 6.06. The predicted octanol–water partition coefficient (Wildman–Crippen LogP) is 2.78. The topological polar surface area (TPSA) is 43.8 Å². The van der Waals surface area contributed by atoms with Gasteiger partial charge in [0.2, 0.25) is 0 Å². The molecule has 0 aliphatic rings. The second kappa shape index (κ2) is 7.07. The lowest BCUT2D eigenvalue weighted by Crippen LogP contribution is -2.13. The molecule has 1 unspecified atom stereocenters. The average Bonchev–Trinajstić information content (AvgIpc) is 2.72. The van der Waals surface area contributed by atoms with Gasteiger partial charge in [0.15, 0.2) is 0 Å². The van der Waals surface area contributed by atoms with Gasteiger partial charge in [0, 0.05) is 23.1 Å². The maximum absolute atomic E-state index is 6.23. The molecular formula is C13H25N3S. The molecule has 3 nitrogen and oxygen atoms in total. The number of aromatic nitrogens is 2. The summed E-state index contributed by atoms with van der Waals surface area (Å²) < 4.78 is 2.17. The van der Waals surface area contributed by atoms with E-state index in [4.69, 9.17) is 10.8 Å². The fourth-order valence-electron chi connectivity index (χ4n) is 2.19. The normalized spacial score (nSPS) is 13.0. The molecular weight excluding hydrogens is 230 g/mol. The lowest BCUT2D eigenvalue weighted by Gasteiger charge is -2.12. The molecule has 0 saturated heterocycles. The molecule has 0 aromatic carbocycles. The van der Waals surface area contributed by atoms with Crippen molar-refractivity contribution in [1.82, 2.24) is 9.78 Å². The van der Waals surface area contributed by atoms with Crippen molar-refractivity contribution in [2.45, 2.75) is 52.6 Å². The Bertz CT molecular complexity index is 347. The van der Waals surface area contributed by atoms with Crippen molar-refractivity contribution in [1.29, 1.82) is 0 Å². The fraction of sp³-hybridized carbons (Fsp3) is 0.769. The monoisotopic (exact) mass is 255 g/mol. The van der Waals surface area contributed by atoms with Crippen LogP contribution in [0, 0.1) is 0 Å². The Morgan fingerprint density at radius 2 is 2.00 bits per heavy atom. The van der Waals surface area contributed by atoms with Crippen LogP contribution in [0.4, 0.5) is 0 Å². The van der Waals surface area contributed by atoms with Gasteiger partial charge in [-0.15, -0.1) is 0 Å². The summed E-state index contributed by atoms with van der Waals surface area (Å²) in [6.07, 6.45) is 5.11. The highest BCUT2D eigenvalue weighted by Gasteiger charge is 2.19. The molecule has 17 heavy (non-hydrogen) atoms. The molecule has 0 saturated carbocycles. The van der Waals surface area contributed by atoms with Crippen LogP contribution in [0.3, 0.4) is 0 Å². The standard InChI is InChI=1S/C13H25N3S/c1-5-10(14)13-11(6-2)15-16(8-9-17-4)12(13)7-3/h10H,5-9,14H2,1-4H3. The van der Waals surface area contributed by atoms with Crippen molar-refractivity contribution in [3.8, 4) is 0 Å². The van der Waals surface area contributed by atoms with Crippen LogP contribution in [-0.2, 0) is 19.4 Å². The number of rotatable bonds is 7.